The lowest BCUT2D eigenvalue weighted by molar-refractivity contribution is -0.0776. The molecule has 5 atom stereocenters. The lowest BCUT2D eigenvalue weighted by Gasteiger charge is -2.60. The highest BCUT2D eigenvalue weighted by Crippen LogP contribution is 2.60. The van der Waals surface area contributed by atoms with E-state index in [2.05, 4.69) is 19.0 Å². The first-order valence-electron chi connectivity index (χ1n) is 7.49. The SMILES string of the molecule is CN(C)CCCC12C[C@@H]3CC(C[C@@H](C3)C1)[C@@H]2N.Cl. The van der Waals surface area contributed by atoms with E-state index in [-0.39, 0.29) is 12.4 Å². The van der Waals surface area contributed by atoms with Crippen LogP contribution < -0.4 is 5.73 Å². The van der Waals surface area contributed by atoms with Gasteiger partial charge in [0.25, 0.3) is 0 Å². The highest BCUT2D eigenvalue weighted by Gasteiger charge is 2.55. The molecule has 2 unspecified atom stereocenters. The molecule has 0 aromatic carbocycles. The second-order valence-corrected chi connectivity index (χ2v) is 7.40. The Labute approximate surface area is 118 Å². The molecule has 0 aromatic heterocycles. The summed E-state index contributed by atoms with van der Waals surface area (Å²) in [6, 6.07) is 0.525. The molecule has 0 radical (unpaired) electrons. The van der Waals surface area contributed by atoms with Crippen LogP contribution in [0.25, 0.3) is 0 Å². The minimum absolute atomic E-state index is 0. The third-order valence-corrected chi connectivity index (χ3v) is 5.82. The average Bonchev–Trinajstić information content (AvgIpc) is 2.24. The Morgan fingerprint density at radius 3 is 2.28 bits per heavy atom. The molecule has 4 aliphatic carbocycles. The summed E-state index contributed by atoms with van der Waals surface area (Å²) in [5, 5.41) is 0. The van der Waals surface area contributed by atoms with Crippen LogP contribution in [0.5, 0.6) is 0 Å². The molecular weight excluding hydrogens is 244 g/mol. The second-order valence-electron chi connectivity index (χ2n) is 7.40. The van der Waals surface area contributed by atoms with Crippen molar-refractivity contribution in [2.45, 2.75) is 51.0 Å². The van der Waals surface area contributed by atoms with Gasteiger partial charge in [0, 0.05) is 6.04 Å². The van der Waals surface area contributed by atoms with Crippen molar-refractivity contribution in [2.24, 2.45) is 28.9 Å². The smallest absolute Gasteiger partial charge is 0.0124 e. The van der Waals surface area contributed by atoms with E-state index in [1.165, 1.54) is 51.5 Å². The zero-order valence-electron chi connectivity index (χ0n) is 11.9. The molecule has 4 fully saturated rings. The van der Waals surface area contributed by atoms with E-state index < -0.39 is 0 Å². The normalized spacial score (nSPS) is 45.3. The van der Waals surface area contributed by atoms with Crippen molar-refractivity contribution in [2.75, 3.05) is 20.6 Å². The van der Waals surface area contributed by atoms with Crippen molar-refractivity contribution in [3.8, 4) is 0 Å². The van der Waals surface area contributed by atoms with Gasteiger partial charge in [-0.25, -0.2) is 0 Å². The van der Waals surface area contributed by atoms with Gasteiger partial charge >= 0.3 is 0 Å². The van der Waals surface area contributed by atoms with Crippen molar-refractivity contribution in [3.05, 3.63) is 0 Å². The molecule has 18 heavy (non-hydrogen) atoms. The Hall–Kier alpha value is 0.210. The zero-order valence-corrected chi connectivity index (χ0v) is 12.7. The first-order valence-corrected chi connectivity index (χ1v) is 7.49. The third-order valence-electron chi connectivity index (χ3n) is 5.82. The molecule has 4 bridgehead atoms. The first-order chi connectivity index (χ1) is 8.09. The van der Waals surface area contributed by atoms with Crippen molar-refractivity contribution >= 4 is 12.4 Å². The summed E-state index contributed by atoms with van der Waals surface area (Å²) in [4.78, 5) is 2.31. The fourth-order valence-corrected chi connectivity index (χ4v) is 5.37. The maximum Gasteiger partial charge on any atom is 0.0124 e. The summed E-state index contributed by atoms with van der Waals surface area (Å²) >= 11 is 0. The van der Waals surface area contributed by atoms with Gasteiger partial charge in [0.15, 0.2) is 0 Å². The van der Waals surface area contributed by atoms with Crippen LogP contribution in [0, 0.1) is 23.2 Å². The highest BCUT2D eigenvalue weighted by molar-refractivity contribution is 5.85. The lowest BCUT2D eigenvalue weighted by atomic mass is 9.46. The van der Waals surface area contributed by atoms with Crippen LogP contribution in [0.2, 0.25) is 0 Å². The van der Waals surface area contributed by atoms with Crippen LogP contribution in [0.1, 0.15) is 44.9 Å². The van der Waals surface area contributed by atoms with Crippen molar-refractivity contribution in [1.29, 1.82) is 0 Å². The van der Waals surface area contributed by atoms with Gasteiger partial charge in [-0.15, -0.1) is 12.4 Å². The van der Waals surface area contributed by atoms with E-state index in [1.54, 1.807) is 0 Å². The Bertz CT molecular complexity index is 278. The molecule has 4 saturated carbocycles. The third kappa shape index (κ3) is 2.44. The maximum atomic E-state index is 6.61. The van der Waals surface area contributed by atoms with E-state index in [0.717, 1.165) is 17.8 Å². The molecule has 4 rings (SSSR count). The maximum absolute atomic E-state index is 6.61. The minimum Gasteiger partial charge on any atom is -0.327 e. The van der Waals surface area contributed by atoms with Gasteiger partial charge in [0.05, 0.1) is 0 Å². The number of rotatable bonds is 4. The predicted molar refractivity (Wildman–Crippen MR) is 79.0 cm³/mol. The second kappa shape index (κ2) is 5.30. The summed E-state index contributed by atoms with van der Waals surface area (Å²) in [6.07, 6.45) is 10.1. The number of halogens is 1. The monoisotopic (exact) mass is 272 g/mol. The first kappa shape index (κ1) is 14.6. The van der Waals surface area contributed by atoms with Gasteiger partial charge in [0.2, 0.25) is 0 Å². The fourth-order valence-electron chi connectivity index (χ4n) is 5.37. The number of nitrogens with zero attached hydrogens (tertiary/aromatic N) is 1. The molecule has 106 valence electrons. The molecule has 3 heteroatoms. The van der Waals surface area contributed by atoms with E-state index in [1.807, 2.05) is 0 Å². The number of hydrogen-bond donors (Lipinski definition) is 1. The van der Waals surface area contributed by atoms with Crippen LogP contribution in [-0.2, 0) is 0 Å². The number of nitrogens with two attached hydrogens (primary N) is 1. The summed E-state index contributed by atoms with van der Waals surface area (Å²) in [5.41, 5.74) is 7.15. The molecule has 0 spiro atoms. The van der Waals surface area contributed by atoms with Crippen LogP contribution in [0.4, 0.5) is 0 Å². The van der Waals surface area contributed by atoms with Crippen LogP contribution in [0.3, 0.4) is 0 Å². The van der Waals surface area contributed by atoms with Crippen molar-refractivity contribution < 1.29 is 0 Å². The van der Waals surface area contributed by atoms with E-state index in [4.69, 9.17) is 5.73 Å². The van der Waals surface area contributed by atoms with E-state index in [0.29, 0.717) is 11.5 Å². The zero-order chi connectivity index (χ0) is 12.0. The minimum atomic E-state index is 0. The van der Waals surface area contributed by atoms with Crippen molar-refractivity contribution in [3.63, 3.8) is 0 Å². The number of hydrogen-bond acceptors (Lipinski definition) is 2. The molecular formula is C15H29ClN2. The summed E-state index contributed by atoms with van der Waals surface area (Å²) in [6.45, 7) is 1.23. The Kier molecular flexibility index (Phi) is 4.30. The molecule has 0 amide bonds. The molecule has 0 heterocycles. The molecule has 2 nitrogen and oxygen atoms in total. The molecule has 0 aromatic rings. The van der Waals surface area contributed by atoms with Crippen LogP contribution in [0.15, 0.2) is 0 Å². The summed E-state index contributed by atoms with van der Waals surface area (Å²) in [5.74, 6) is 2.94. The average molecular weight is 273 g/mol. The quantitative estimate of drug-likeness (QED) is 0.853. The van der Waals surface area contributed by atoms with Crippen LogP contribution >= 0.6 is 12.4 Å². The van der Waals surface area contributed by atoms with E-state index in [9.17, 15) is 0 Å². The Morgan fingerprint density at radius 2 is 1.72 bits per heavy atom. The predicted octanol–water partition coefficient (Wildman–Crippen LogP) is 2.90. The largest absolute Gasteiger partial charge is 0.327 e. The standard InChI is InChI=1S/C15H28N2.ClH/c1-17(2)5-3-4-15-9-11-6-12(10-15)8-13(7-11)14(15)16;/h11-14H,3-10,16H2,1-2H3;1H/t11-,12+,13?,14-,15?;/m0./s1. The molecule has 4 aliphatic rings. The van der Waals surface area contributed by atoms with Crippen LogP contribution in [-0.4, -0.2) is 31.6 Å². The topological polar surface area (TPSA) is 29.3 Å². The highest BCUT2D eigenvalue weighted by atomic mass is 35.5. The molecule has 2 N–H and O–H groups in total. The Morgan fingerprint density at radius 1 is 1.11 bits per heavy atom. The van der Waals surface area contributed by atoms with Gasteiger partial charge in [0.1, 0.15) is 0 Å². The van der Waals surface area contributed by atoms with E-state index >= 15 is 0 Å². The van der Waals surface area contributed by atoms with Gasteiger partial charge in [-0.1, -0.05) is 0 Å². The summed E-state index contributed by atoms with van der Waals surface area (Å²) < 4.78 is 0. The van der Waals surface area contributed by atoms with Gasteiger partial charge in [-0.2, -0.15) is 0 Å². The fraction of sp³-hybridized carbons (Fsp3) is 1.00. The van der Waals surface area contributed by atoms with Gasteiger partial charge in [-0.3, -0.25) is 0 Å². The lowest BCUT2D eigenvalue weighted by Crippen LogP contribution is -2.59. The molecule has 0 aliphatic heterocycles. The van der Waals surface area contributed by atoms with Crippen molar-refractivity contribution in [1.82, 2.24) is 4.90 Å². The van der Waals surface area contributed by atoms with Gasteiger partial charge < -0.3 is 10.6 Å². The molecule has 0 saturated heterocycles. The Balaban J connectivity index is 0.00000120. The van der Waals surface area contributed by atoms with Gasteiger partial charge in [-0.05, 0) is 88.8 Å². The summed E-state index contributed by atoms with van der Waals surface area (Å²) in [7, 11) is 4.36.